The molecule has 0 fully saturated rings. The normalized spacial score (nSPS) is 12.9. The number of hydrogen-bond donors (Lipinski definition) is 0. The summed E-state index contributed by atoms with van der Waals surface area (Å²) in [7, 11) is 0. The van der Waals surface area contributed by atoms with Gasteiger partial charge in [0.1, 0.15) is 0 Å². The summed E-state index contributed by atoms with van der Waals surface area (Å²) in [5.74, 6) is 1.90. The van der Waals surface area contributed by atoms with E-state index in [0.717, 1.165) is 43.8 Å². The van der Waals surface area contributed by atoms with Crippen molar-refractivity contribution in [3.8, 4) is 73.6 Å². The lowest BCUT2D eigenvalue weighted by molar-refractivity contribution is 0.722. The molecule has 1 aliphatic heterocycles. The minimum atomic E-state index is -0.492. The van der Waals surface area contributed by atoms with Gasteiger partial charge in [-0.15, -0.1) is 0 Å². The lowest BCUT2D eigenvalue weighted by Gasteiger charge is -2.40. The minimum absolute atomic E-state index is 0.492. The number of benzene rings is 8. The third-order valence-corrected chi connectivity index (χ3v) is 12.5. The second-order valence-corrected chi connectivity index (χ2v) is 15.8. The maximum atomic E-state index is 9.95. The molecule has 2 heterocycles. The van der Waals surface area contributed by atoms with E-state index in [-0.39, 0.29) is 0 Å². The molecule has 0 amide bonds. The molecule has 270 valence electrons. The van der Waals surface area contributed by atoms with Crippen LogP contribution in [0.1, 0.15) is 27.8 Å². The van der Waals surface area contributed by atoms with Crippen LogP contribution in [0, 0.1) is 11.3 Å². The Bertz CT molecular complexity index is 3010. The molecule has 1 aromatic heterocycles. The molecule has 1 spiro atoms. The third kappa shape index (κ3) is 5.42. The first-order chi connectivity index (χ1) is 28.7. The second-order valence-electron chi connectivity index (χ2n) is 14.7. The Hall–Kier alpha value is -7.39. The Morgan fingerprint density at radius 3 is 1.36 bits per heavy atom. The van der Waals surface area contributed by atoms with Crippen LogP contribution in [-0.2, 0) is 5.41 Å². The molecule has 0 N–H and O–H groups in total. The summed E-state index contributed by atoms with van der Waals surface area (Å²) in [4.78, 5) is 17.2. The molecular weight excluding hydrogens is 725 g/mol. The van der Waals surface area contributed by atoms with Crippen LogP contribution >= 0.6 is 11.8 Å². The molecule has 0 saturated heterocycles. The van der Waals surface area contributed by atoms with E-state index in [1.165, 1.54) is 38.3 Å². The lowest BCUT2D eigenvalue weighted by Crippen LogP contribution is -2.32. The van der Waals surface area contributed by atoms with Crippen molar-refractivity contribution in [3.05, 3.63) is 222 Å². The average Bonchev–Trinajstić information content (AvgIpc) is 3.59. The van der Waals surface area contributed by atoms with Crippen LogP contribution in [0.25, 0.3) is 67.5 Å². The lowest BCUT2D eigenvalue weighted by atomic mass is 9.67. The highest BCUT2D eigenvalue weighted by atomic mass is 32.2. The molecule has 8 aromatic carbocycles. The van der Waals surface area contributed by atoms with E-state index < -0.39 is 5.41 Å². The highest BCUT2D eigenvalue weighted by Crippen LogP contribution is 2.62. The second kappa shape index (κ2) is 13.7. The van der Waals surface area contributed by atoms with Gasteiger partial charge in [-0.05, 0) is 86.0 Å². The largest absolute Gasteiger partial charge is 0.208 e. The molecule has 58 heavy (non-hydrogen) atoms. The summed E-state index contributed by atoms with van der Waals surface area (Å²) >= 11 is 1.76. The van der Waals surface area contributed by atoms with E-state index in [1.54, 1.807) is 11.8 Å². The molecule has 11 rings (SSSR count). The van der Waals surface area contributed by atoms with Gasteiger partial charge >= 0.3 is 0 Å². The van der Waals surface area contributed by atoms with E-state index in [9.17, 15) is 5.26 Å². The van der Waals surface area contributed by atoms with Crippen LogP contribution in [0.5, 0.6) is 0 Å². The standard InChI is InChI=1S/C53H32N4S/c54-33-34-25-27-46-48(29-34)58-49-32-40(26-28-47(49)53(46)44-23-9-7-21-42(44)43-22-8-10-24-45(43)53)38-18-11-17-37(30-38)39-19-12-20-41(31-39)52-56-50(35-13-3-1-4-14-35)55-51(57-52)36-15-5-2-6-16-36/h1-32H. The first kappa shape index (κ1) is 33.9. The van der Waals surface area contributed by atoms with E-state index in [1.807, 2.05) is 66.7 Å². The van der Waals surface area contributed by atoms with Gasteiger partial charge in [0.25, 0.3) is 0 Å². The minimum Gasteiger partial charge on any atom is -0.208 e. The van der Waals surface area contributed by atoms with E-state index in [4.69, 9.17) is 15.0 Å². The van der Waals surface area contributed by atoms with Crippen LogP contribution in [0.3, 0.4) is 0 Å². The summed E-state index contributed by atoms with van der Waals surface area (Å²) in [5.41, 5.74) is 15.0. The van der Waals surface area contributed by atoms with Crippen LogP contribution < -0.4 is 0 Å². The fourth-order valence-electron chi connectivity index (χ4n) is 8.82. The fourth-order valence-corrected chi connectivity index (χ4v) is 10.1. The zero-order chi connectivity index (χ0) is 38.6. The van der Waals surface area contributed by atoms with Gasteiger partial charge in [0.05, 0.1) is 17.0 Å². The molecular formula is C53H32N4S. The van der Waals surface area contributed by atoms with Gasteiger partial charge < -0.3 is 0 Å². The number of rotatable bonds is 5. The van der Waals surface area contributed by atoms with Crippen LogP contribution in [-0.4, -0.2) is 15.0 Å². The molecule has 9 aromatic rings. The van der Waals surface area contributed by atoms with E-state index in [0.29, 0.717) is 23.0 Å². The first-order valence-corrected chi connectivity index (χ1v) is 20.1. The van der Waals surface area contributed by atoms with Gasteiger partial charge in [-0.1, -0.05) is 176 Å². The highest BCUT2D eigenvalue weighted by Gasteiger charge is 2.50. The highest BCUT2D eigenvalue weighted by molar-refractivity contribution is 7.99. The van der Waals surface area contributed by atoms with Crippen molar-refractivity contribution >= 4 is 11.8 Å². The summed E-state index contributed by atoms with van der Waals surface area (Å²) in [6.45, 7) is 0. The SMILES string of the molecule is N#Cc1ccc2c(c1)Sc1cc(-c3cccc(-c4cccc(-c5nc(-c6ccccc6)nc(-c6ccccc6)n5)c4)c3)ccc1C21c2ccccc2-c2ccccc21. The molecule has 5 heteroatoms. The van der Waals surface area contributed by atoms with Gasteiger partial charge in [0.2, 0.25) is 0 Å². The van der Waals surface area contributed by atoms with Crippen molar-refractivity contribution in [1.82, 2.24) is 15.0 Å². The maximum absolute atomic E-state index is 9.95. The van der Waals surface area contributed by atoms with Crippen LogP contribution in [0.4, 0.5) is 0 Å². The summed E-state index contributed by atoms with van der Waals surface area (Å²) in [6, 6.07) is 70.5. The molecule has 4 nitrogen and oxygen atoms in total. The monoisotopic (exact) mass is 756 g/mol. The molecule has 0 saturated carbocycles. The van der Waals surface area contributed by atoms with Crippen molar-refractivity contribution < 1.29 is 0 Å². The van der Waals surface area contributed by atoms with Gasteiger partial charge in [-0.2, -0.15) is 5.26 Å². The Labute approximate surface area is 341 Å². The van der Waals surface area contributed by atoms with Crippen LogP contribution in [0.2, 0.25) is 0 Å². The number of aromatic nitrogens is 3. The van der Waals surface area contributed by atoms with Crippen molar-refractivity contribution in [2.75, 3.05) is 0 Å². The number of hydrogen-bond acceptors (Lipinski definition) is 5. The van der Waals surface area contributed by atoms with Gasteiger partial charge in [-0.25, -0.2) is 15.0 Å². The Kier molecular flexibility index (Phi) is 7.99. The zero-order valence-corrected chi connectivity index (χ0v) is 32.0. The number of fused-ring (bicyclic) bond motifs is 9. The molecule has 0 bridgehead atoms. The Morgan fingerprint density at radius 1 is 0.362 bits per heavy atom. The summed E-state index contributed by atoms with van der Waals surface area (Å²) in [5, 5.41) is 9.95. The Balaban J connectivity index is 1.01. The topological polar surface area (TPSA) is 62.5 Å². The summed E-state index contributed by atoms with van der Waals surface area (Å²) < 4.78 is 0. The fraction of sp³-hybridized carbons (Fsp3) is 0.0189. The molecule has 0 radical (unpaired) electrons. The van der Waals surface area contributed by atoms with Gasteiger partial charge in [0, 0.05) is 26.5 Å². The molecule has 0 atom stereocenters. The maximum Gasteiger partial charge on any atom is 0.164 e. The quantitative estimate of drug-likeness (QED) is 0.175. The van der Waals surface area contributed by atoms with Crippen molar-refractivity contribution in [2.45, 2.75) is 15.2 Å². The molecule has 1 aliphatic carbocycles. The predicted molar refractivity (Wildman–Crippen MR) is 233 cm³/mol. The first-order valence-electron chi connectivity index (χ1n) is 19.3. The number of nitriles is 1. The van der Waals surface area contributed by atoms with Crippen molar-refractivity contribution in [3.63, 3.8) is 0 Å². The van der Waals surface area contributed by atoms with E-state index in [2.05, 4.69) is 133 Å². The van der Waals surface area contributed by atoms with Gasteiger partial charge in [0.15, 0.2) is 17.5 Å². The average molecular weight is 757 g/mol. The zero-order valence-electron chi connectivity index (χ0n) is 31.2. The Morgan fingerprint density at radius 2 is 0.793 bits per heavy atom. The molecule has 2 aliphatic rings. The summed E-state index contributed by atoms with van der Waals surface area (Å²) in [6.07, 6.45) is 0. The third-order valence-electron chi connectivity index (χ3n) is 11.4. The van der Waals surface area contributed by atoms with E-state index >= 15 is 0 Å². The predicted octanol–water partition coefficient (Wildman–Crippen LogP) is 12.9. The molecule has 0 unspecified atom stereocenters. The van der Waals surface area contributed by atoms with Crippen molar-refractivity contribution in [1.29, 1.82) is 5.26 Å². The smallest absolute Gasteiger partial charge is 0.164 e. The van der Waals surface area contributed by atoms with Crippen LogP contribution in [0.15, 0.2) is 204 Å². The number of nitrogens with zero attached hydrogens (tertiary/aromatic N) is 4. The van der Waals surface area contributed by atoms with Gasteiger partial charge in [-0.3, -0.25) is 0 Å². The van der Waals surface area contributed by atoms with Crippen molar-refractivity contribution in [2.24, 2.45) is 0 Å².